The third kappa shape index (κ3) is 3.91. The second-order valence-electron chi connectivity index (χ2n) is 12.1. The van der Waals surface area contributed by atoms with E-state index in [0.717, 1.165) is 32.1 Å². The molecule has 0 aromatic heterocycles. The molecule has 10 atom stereocenters. The first kappa shape index (κ1) is 24.0. The summed E-state index contributed by atoms with van der Waals surface area (Å²) in [6.45, 7) is 8.62. The summed E-state index contributed by atoms with van der Waals surface area (Å²) in [4.78, 5) is 23.2. The first-order chi connectivity index (χ1) is 15.1. The lowest BCUT2D eigenvalue weighted by Gasteiger charge is -2.62. The molecule has 1 N–H and O–H groups in total. The Labute approximate surface area is 194 Å². The van der Waals surface area contributed by atoms with Crippen molar-refractivity contribution in [2.24, 2.45) is 46.3 Å². The lowest BCUT2D eigenvalue weighted by molar-refractivity contribution is -0.181. The SMILES string of the molecule is COC(=O)CC[C@@H](C)C1CCC2C3CC[C@@H]4C[C@H](OC(C)=O)CC[C@]4(C)C3C[C@H](O)[C@@]21C. The fourth-order valence-corrected chi connectivity index (χ4v) is 9.13. The number of hydrogen-bond donors (Lipinski definition) is 1. The molecule has 182 valence electrons. The van der Waals surface area contributed by atoms with Crippen LogP contribution in [0.15, 0.2) is 0 Å². The number of carbonyl (C=O) groups is 2. The molecule has 0 aromatic carbocycles. The first-order valence-electron chi connectivity index (χ1n) is 13.0. The second kappa shape index (κ2) is 8.92. The van der Waals surface area contributed by atoms with Gasteiger partial charge in [0.15, 0.2) is 0 Å². The average Bonchev–Trinajstić information content (AvgIpc) is 3.11. The number of carbonyl (C=O) groups excluding carboxylic acids is 2. The van der Waals surface area contributed by atoms with Crippen LogP contribution in [0.25, 0.3) is 0 Å². The summed E-state index contributed by atoms with van der Waals surface area (Å²) in [7, 11) is 1.46. The normalized spacial score (nSPS) is 46.4. The number of fused-ring (bicyclic) bond motifs is 5. The Bertz CT molecular complexity index is 721. The number of ether oxygens (including phenoxy) is 2. The van der Waals surface area contributed by atoms with Crippen molar-refractivity contribution in [1.29, 1.82) is 0 Å². The number of aliphatic hydroxyl groups excluding tert-OH is 1. The summed E-state index contributed by atoms with van der Waals surface area (Å²) in [5.41, 5.74) is 0.200. The second-order valence-corrected chi connectivity index (χ2v) is 12.1. The van der Waals surface area contributed by atoms with Gasteiger partial charge in [0, 0.05) is 13.3 Å². The summed E-state index contributed by atoms with van der Waals surface area (Å²) in [5, 5.41) is 11.6. The minimum absolute atomic E-state index is 0.0468. The van der Waals surface area contributed by atoms with Gasteiger partial charge < -0.3 is 14.6 Å². The molecule has 0 saturated heterocycles. The van der Waals surface area contributed by atoms with Crippen molar-refractivity contribution >= 4 is 11.9 Å². The van der Waals surface area contributed by atoms with Gasteiger partial charge in [0.2, 0.25) is 0 Å². The molecule has 32 heavy (non-hydrogen) atoms. The van der Waals surface area contributed by atoms with E-state index in [9.17, 15) is 14.7 Å². The van der Waals surface area contributed by atoms with Crippen molar-refractivity contribution in [3.63, 3.8) is 0 Å². The zero-order chi connectivity index (χ0) is 23.3. The number of methoxy groups -OCH3 is 1. The third-order valence-corrected chi connectivity index (χ3v) is 10.8. The summed E-state index contributed by atoms with van der Waals surface area (Å²) in [5.74, 6) is 3.02. The molecule has 4 saturated carbocycles. The van der Waals surface area contributed by atoms with E-state index in [0.29, 0.717) is 41.9 Å². The van der Waals surface area contributed by atoms with Crippen LogP contribution >= 0.6 is 0 Å². The summed E-state index contributed by atoms with van der Waals surface area (Å²) in [6, 6.07) is 0. The van der Waals surface area contributed by atoms with E-state index in [1.54, 1.807) is 0 Å². The highest BCUT2D eigenvalue weighted by atomic mass is 16.5. The van der Waals surface area contributed by atoms with Crippen molar-refractivity contribution in [3.8, 4) is 0 Å². The fourth-order valence-electron chi connectivity index (χ4n) is 9.13. The highest BCUT2D eigenvalue weighted by Crippen LogP contribution is 2.68. The van der Waals surface area contributed by atoms with Crippen LogP contribution in [0.4, 0.5) is 0 Å². The molecule has 0 radical (unpaired) electrons. The van der Waals surface area contributed by atoms with Crippen molar-refractivity contribution < 1.29 is 24.2 Å². The molecule has 4 aliphatic rings. The van der Waals surface area contributed by atoms with Crippen LogP contribution in [-0.2, 0) is 19.1 Å². The minimum Gasteiger partial charge on any atom is -0.469 e. The Morgan fingerprint density at radius 3 is 2.50 bits per heavy atom. The van der Waals surface area contributed by atoms with Gasteiger partial charge in [-0.05, 0) is 104 Å². The minimum atomic E-state index is -0.274. The number of aliphatic hydroxyl groups is 1. The first-order valence-corrected chi connectivity index (χ1v) is 13.0. The molecule has 0 aromatic rings. The molecule has 4 rings (SSSR count). The monoisotopic (exact) mass is 448 g/mol. The predicted molar refractivity (Wildman–Crippen MR) is 123 cm³/mol. The third-order valence-electron chi connectivity index (χ3n) is 10.8. The zero-order valence-corrected chi connectivity index (χ0v) is 20.8. The van der Waals surface area contributed by atoms with Gasteiger partial charge in [-0.1, -0.05) is 20.8 Å². The van der Waals surface area contributed by atoms with E-state index in [1.807, 2.05) is 0 Å². The van der Waals surface area contributed by atoms with Crippen molar-refractivity contribution in [1.82, 2.24) is 0 Å². The van der Waals surface area contributed by atoms with Crippen LogP contribution in [0.5, 0.6) is 0 Å². The Balaban J connectivity index is 1.50. The Hall–Kier alpha value is -1.10. The molecule has 0 aliphatic heterocycles. The van der Waals surface area contributed by atoms with Gasteiger partial charge in [0.25, 0.3) is 0 Å². The van der Waals surface area contributed by atoms with Crippen molar-refractivity contribution in [2.45, 2.75) is 104 Å². The van der Waals surface area contributed by atoms with E-state index in [1.165, 1.54) is 39.7 Å². The Morgan fingerprint density at radius 1 is 1.06 bits per heavy atom. The lowest BCUT2D eigenvalue weighted by Crippen LogP contribution is -2.59. The Kier molecular flexibility index (Phi) is 6.70. The van der Waals surface area contributed by atoms with Crippen LogP contribution < -0.4 is 0 Å². The summed E-state index contributed by atoms with van der Waals surface area (Å²) < 4.78 is 10.5. The number of esters is 2. The van der Waals surface area contributed by atoms with Crippen molar-refractivity contribution in [2.75, 3.05) is 7.11 Å². The molecular weight excluding hydrogens is 404 g/mol. The zero-order valence-electron chi connectivity index (χ0n) is 20.8. The molecule has 0 bridgehead atoms. The number of rotatable bonds is 5. The van der Waals surface area contributed by atoms with Crippen LogP contribution in [-0.4, -0.2) is 36.4 Å². The van der Waals surface area contributed by atoms with Crippen LogP contribution in [0.3, 0.4) is 0 Å². The van der Waals surface area contributed by atoms with E-state index in [-0.39, 0.29) is 35.0 Å². The van der Waals surface area contributed by atoms with Gasteiger partial charge in [-0.15, -0.1) is 0 Å². The lowest BCUT2D eigenvalue weighted by atomic mass is 9.43. The van der Waals surface area contributed by atoms with E-state index < -0.39 is 0 Å². The van der Waals surface area contributed by atoms with Gasteiger partial charge >= 0.3 is 11.9 Å². The van der Waals surface area contributed by atoms with Gasteiger partial charge in [-0.3, -0.25) is 9.59 Å². The molecule has 0 heterocycles. The molecule has 5 heteroatoms. The number of hydrogen-bond acceptors (Lipinski definition) is 5. The Morgan fingerprint density at radius 2 is 1.81 bits per heavy atom. The largest absolute Gasteiger partial charge is 0.469 e. The highest BCUT2D eigenvalue weighted by molar-refractivity contribution is 5.69. The van der Waals surface area contributed by atoms with Gasteiger partial charge in [-0.25, -0.2) is 0 Å². The maximum atomic E-state index is 11.7. The van der Waals surface area contributed by atoms with Gasteiger partial charge in [-0.2, -0.15) is 0 Å². The van der Waals surface area contributed by atoms with E-state index in [4.69, 9.17) is 9.47 Å². The topological polar surface area (TPSA) is 72.8 Å². The molecule has 0 spiro atoms. The van der Waals surface area contributed by atoms with Crippen LogP contribution in [0, 0.1) is 46.3 Å². The molecule has 0 amide bonds. The molecule has 4 unspecified atom stereocenters. The molecule has 5 nitrogen and oxygen atoms in total. The maximum absolute atomic E-state index is 11.7. The van der Waals surface area contributed by atoms with E-state index >= 15 is 0 Å². The average molecular weight is 449 g/mol. The highest BCUT2D eigenvalue weighted by Gasteiger charge is 2.63. The van der Waals surface area contributed by atoms with E-state index in [2.05, 4.69) is 20.8 Å². The molecule has 4 aliphatic carbocycles. The summed E-state index contributed by atoms with van der Waals surface area (Å²) >= 11 is 0. The van der Waals surface area contributed by atoms with Crippen LogP contribution in [0.1, 0.15) is 91.9 Å². The predicted octanol–water partition coefficient (Wildman–Crippen LogP) is 5.14. The van der Waals surface area contributed by atoms with Crippen molar-refractivity contribution in [3.05, 3.63) is 0 Å². The fraction of sp³-hybridized carbons (Fsp3) is 0.926. The van der Waals surface area contributed by atoms with Gasteiger partial charge in [0.1, 0.15) is 6.10 Å². The van der Waals surface area contributed by atoms with Gasteiger partial charge in [0.05, 0.1) is 13.2 Å². The van der Waals surface area contributed by atoms with Crippen LogP contribution in [0.2, 0.25) is 0 Å². The summed E-state index contributed by atoms with van der Waals surface area (Å²) in [6.07, 6.45) is 9.92. The standard InChI is InChI=1S/C27H44O5/c1-16(6-11-25(30)31-5)21-9-10-22-20-8-7-18-14-19(32-17(2)28)12-13-26(18,3)23(20)15-24(29)27(21,22)4/h16,18-24,29H,6-15H2,1-5H3/t16-,18-,19-,20?,21?,22?,23?,24+,26+,27-/m1/s1. The smallest absolute Gasteiger partial charge is 0.305 e. The quantitative estimate of drug-likeness (QED) is 0.590. The maximum Gasteiger partial charge on any atom is 0.305 e. The molecule has 4 fully saturated rings. The molecular formula is C27H44O5.